The predicted octanol–water partition coefficient (Wildman–Crippen LogP) is 3.91. The van der Waals surface area contributed by atoms with Gasteiger partial charge in [-0.15, -0.1) is 0 Å². The second-order valence-electron chi connectivity index (χ2n) is 8.43. The van der Waals surface area contributed by atoms with E-state index < -0.39 is 0 Å². The first-order valence-electron chi connectivity index (χ1n) is 8.85. The minimum Gasteiger partial charge on any atom is -0.314 e. The molecular weight excluding hydrogens is 244 g/mol. The molecule has 2 aliphatic rings. The number of hydrogen-bond donors (Lipinski definition) is 1. The van der Waals surface area contributed by atoms with Crippen LogP contribution >= 0.6 is 0 Å². The van der Waals surface area contributed by atoms with Gasteiger partial charge in [-0.2, -0.15) is 0 Å². The number of likely N-dealkylation sites (tertiary alicyclic amines) is 1. The van der Waals surface area contributed by atoms with Crippen molar-refractivity contribution in [1.29, 1.82) is 0 Å². The molecule has 1 heterocycles. The predicted molar refractivity (Wildman–Crippen MR) is 88.0 cm³/mol. The Morgan fingerprint density at radius 1 is 1.05 bits per heavy atom. The fourth-order valence-corrected chi connectivity index (χ4v) is 3.56. The van der Waals surface area contributed by atoms with Crippen LogP contribution < -0.4 is 5.32 Å². The summed E-state index contributed by atoms with van der Waals surface area (Å²) < 4.78 is 0. The smallest absolute Gasteiger partial charge is 0.0105 e. The van der Waals surface area contributed by atoms with Gasteiger partial charge in [0.2, 0.25) is 0 Å². The van der Waals surface area contributed by atoms with Crippen molar-refractivity contribution in [1.82, 2.24) is 10.2 Å². The molecule has 0 amide bonds. The molecule has 3 atom stereocenters. The van der Waals surface area contributed by atoms with Gasteiger partial charge in [-0.25, -0.2) is 0 Å². The van der Waals surface area contributed by atoms with Crippen LogP contribution in [0.25, 0.3) is 0 Å². The number of rotatable bonds is 5. The van der Waals surface area contributed by atoms with Gasteiger partial charge < -0.3 is 10.2 Å². The monoisotopic (exact) mass is 280 g/mol. The Kier molecular flexibility index (Phi) is 5.53. The Hall–Kier alpha value is -0.0800. The van der Waals surface area contributed by atoms with Gasteiger partial charge in [-0.1, -0.05) is 27.7 Å². The van der Waals surface area contributed by atoms with E-state index in [0.717, 1.165) is 23.9 Å². The highest BCUT2D eigenvalue weighted by Gasteiger charge is 2.30. The fraction of sp³-hybridized carbons (Fsp3) is 1.00. The minimum atomic E-state index is 0.485. The average molecular weight is 280 g/mol. The van der Waals surface area contributed by atoms with Gasteiger partial charge in [0.25, 0.3) is 0 Å². The van der Waals surface area contributed by atoms with E-state index in [1.807, 2.05) is 0 Å². The lowest BCUT2D eigenvalue weighted by molar-refractivity contribution is 0.154. The molecule has 1 aliphatic heterocycles. The van der Waals surface area contributed by atoms with E-state index in [0.29, 0.717) is 5.41 Å². The third-order valence-electron chi connectivity index (χ3n) is 5.69. The summed E-state index contributed by atoms with van der Waals surface area (Å²) in [5.74, 6) is 1.67. The molecule has 1 N–H and O–H groups in total. The van der Waals surface area contributed by atoms with Crippen molar-refractivity contribution in [2.45, 2.75) is 78.8 Å². The zero-order chi connectivity index (χ0) is 14.8. The Labute approximate surface area is 126 Å². The van der Waals surface area contributed by atoms with E-state index >= 15 is 0 Å². The summed E-state index contributed by atoms with van der Waals surface area (Å²) >= 11 is 0. The summed E-state index contributed by atoms with van der Waals surface area (Å²) in [5, 5.41) is 3.70. The van der Waals surface area contributed by atoms with Crippen LogP contribution in [0.3, 0.4) is 0 Å². The van der Waals surface area contributed by atoms with Gasteiger partial charge in [-0.3, -0.25) is 0 Å². The van der Waals surface area contributed by atoms with E-state index in [-0.39, 0.29) is 0 Å². The van der Waals surface area contributed by atoms with Crippen LogP contribution in [0, 0.1) is 17.3 Å². The third kappa shape index (κ3) is 4.73. The molecule has 2 rings (SSSR count). The van der Waals surface area contributed by atoms with Crippen molar-refractivity contribution < 1.29 is 0 Å². The molecule has 0 aromatic rings. The molecule has 1 aliphatic carbocycles. The molecule has 2 nitrogen and oxygen atoms in total. The highest BCUT2D eigenvalue weighted by molar-refractivity contribution is 4.85. The highest BCUT2D eigenvalue weighted by Crippen LogP contribution is 2.35. The van der Waals surface area contributed by atoms with Crippen molar-refractivity contribution in [2.75, 3.05) is 19.6 Å². The van der Waals surface area contributed by atoms with Crippen molar-refractivity contribution in [3.63, 3.8) is 0 Å². The minimum absolute atomic E-state index is 0.485. The topological polar surface area (TPSA) is 15.3 Å². The number of nitrogens with zero attached hydrogens (tertiary/aromatic N) is 1. The molecule has 0 spiro atoms. The molecule has 0 radical (unpaired) electrons. The van der Waals surface area contributed by atoms with Crippen LogP contribution in [0.1, 0.15) is 66.7 Å². The lowest BCUT2D eigenvalue weighted by atomic mass is 9.77. The SMILES string of the molecule is CC(CNC1CC1)C(C)N1CCCC(C(C)(C)C)CC1. The van der Waals surface area contributed by atoms with Crippen LogP contribution in [0.4, 0.5) is 0 Å². The summed E-state index contributed by atoms with van der Waals surface area (Å²) in [4.78, 5) is 2.75. The maximum absolute atomic E-state index is 3.70. The van der Waals surface area contributed by atoms with Crippen LogP contribution in [0.5, 0.6) is 0 Å². The van der Waals surface area contributed by atoms with Gasteiger partial charge >= 0.3 is 0 Å². The van der Waals surface area contributed by atoms with Crippen molar-refractivity contribution >= 4 is 0 Å². The molecule has 0 aromatic heterocycles. The molecule has 3 unspecified atom stereocenters. The maximum atomic E-state index is 3.70. The third-order valence-corrected chi connectivity index (χ3v) is 5.69. The van der Waals surface area contributed by atoms with E-state index in [1.54, 1.807) is 0 Å². The average Bonchev–Trinajstić information content (AvgIpc) is 3.19. The van der Waals surface area contributed by atoms with Crippen LogP contribution in [-0.4, -0.2) is 36.6 Å². The first kappa shape index (κ1) is 16.3. The van der Waals surface area contributed by atoms with Crippen LogP contribution in [0.2, 0.25) is 0 Å². The number of nitrogens with one attached hydrogen (secondary N) is 1. The van der Waals surface area contributed by atoms with Gasteiger partial charge in [0, 0.05) is 12.1 Å². The Bertz CT molecular complexity index is 290. The van der Waals surface area contributed by atoms with Crippen molar-refractivity contribution in [3.05, 3.63) is 0 Å². The summed E-state index contributed by atoms with van der Waals surface area (Å²) in [6, 6.07) is 1.57. The molecule has 118 valence electrons. The summed E-state index contributed by atoms with van der Waals surface area (Å²) in [7, 11) is 0. The first-order chi connectivity index (χ1) is 9.38. The molecule has 1 saturated carbocycles. The molecular formula is C18H36N2. The Balaban J connectivity index is 1.79. The quantitative estimate of drug-likeness (QED) is 0.821. The van der Waals surface area contributed by atoms with Crippen LogP contribution in [0.15, 0.2) is 0 Å². The zero-order valence-corrected chi connectivity index (χ0v) is 14.4. The molecule has 2 fully saturated rings. The molecule has 20 heavy (non-hydrogen) atoms. The van der Waals surface area contributed by atoms with Gasteiger partial charge in [0.05, 0.1) is 0 Å². The van der Waals surface area contributed by atoms with E-state index in [9.17, 15) is 0 Å². The number of hydrogen-bond acceptors (Lipinski definition) is 2. The summed E-state index contributed by atoms with van der Waals surface area (Å²) in [6.45, 7) is 15.9. The Morgan fingerprint density at radius 2 is 1.75 bits per heavy atom. The molecule has 2 heteroatoms. The lowest BCUT2D eigenvalue weighted by Gasteiger charge is -2.33. The largest absolute Gasteiger partial charge is 0.314 e. The van der Waals surface area contributed by atoms with E-state index in [2.05, 4.69) is 44.8 Å². The molecule has 0 bridgehead atoms. The summed E-state index contributed by atoms with van der Waals surface area (Å²) in [5.41, 5.74) is 0.485. The normalized spacial score (nSPS) is 28.9. The molecule has 1 saturated heterocycles. The standard InChI is InChI=1S/C18H36N2/c1-14(13-19-17-8-9-17)15(2)20-11-6-7-16(10-12-20)18(3,4)5/h14-17,19H,6-13H2,1-5H3. The lowest BCUT2D eigenvalue weighted by Crippen LogP contribution is -2.42. The van der Waals surface area contributed by atoms with Gasteiger partial charge in [0.1, 0.15) is 0 Å². The second-order valence-corrected chi connectivity index (χ2v) is 8.43. The summed E-state index contributed by atoms with van der Waals surface area (Å²) in [6.07, 6.45) is 6.99. The van der Waals surface area contributed by atoms with Crippen LogP contribution in [-0.2, 0) is 0 Å². The maximum Gasteiger partial charge on any atom is 0.0105 e. The van der Waals surface area contributed by atoms with E-state index in [4.69, 9.17) is 0 Å². The fourth-order valence-electron chi connectivity index (χ4n) is 3.56. The highest BCUT2D eigenvalue weighted by atomic mass is 15.2. The second kappa shape index (κ2) is 6.79. The first-order valence-corrected chi connectivity index (χ1v) is 8.85. The zero-order valence-electron chi connectivity index (χ0n) is 14.4. The van der Waals surface area contributed by atoms with Crippen molar-refractivity contribution in [2.24, 2.45) is 17.3 Å². The van der Waals surface area contributed by atoms with E-state index in [1.165, 1.54) is 51.7 Å². The van der Waals surface area contributed by atoms with Gasteiger partial charge in [-0.05, 0) is 75.9 Å². The van der Waals surface area contributed by atoms with Crippen molar-refractivity contribution in [3.8, 4) is 0 Å². The molecule has 0 aromatic carbocycles. The van der Waals surface area contributed by atoms with Gasteiger partial charge in [0.15, 0.2) is 0 Å². The Morgan fingerprint density at radius 3 is 2.35 bits per heavy atom.